The van der Waals surface area contributed by atoms with Gasteiger partial charge in [-0.15, -0.1) is 11.3 Å². The van der Waals surface area contributed by atoms with E-state index in [-0.39, 0.29) is 17.5 Å². The molecule has 4 aromatic rings. The number of benzene rings is 3. The summed E-state index contributed by atoms with van der Waals surface area (Å²) in [5.41, 5.74) is 2.65. The van der Waals surface area contributed by atoms with E-state index in [0.29, 0.717) is 17.8 Å². The largest absolute Gasteiger partial charge is 0.325 e. The highest BCUT2D eigenvalue weighted by molar-refractivity contribution is 8.02. The number of nitro groups is 1. The van der Waals surface area contributed by atoms with Crippen LogP contribution in [0, 0.1) is 10.1 Å². The number of carbonyl (C=O) groups excluding carboxylic acids is 2. The van der Waals surface area contributed by atoms with Gasteiger partial charge in [0.15, 0.2) is 4.34 Å². The molecule has 0 bridgehead atoms. The van der Waals surface area contributed by atoms with E-state index in [1.165, 1.54) is 47.4 Å². The highest BCUT2D eigenvalue weighted by atomic mass is 32.2. The molecule has 0 fully saturated rings. The van der Waals surface area contributed by atoms with Gasteiger partial charge in [0.2, 0.25) is 11.8 Å². The molecule has 3 aromatic carbocycles. The quantitative estimate of drug-likeness (QED) is 0.115. The molecule has 182 valence electrons. The van der Waals surface area contributed by atoms with Crippen LogP contribution < -0.4 is 10.6 Å². The van der Waals surface area contributed by atoms with Crippen LogP contribution in [0.25, 0.3) is 16.3 Å². The van der Waals surface area contributed by atoms with E-state index in [2.05, 4.69) is 15.6 Å². The first-order valence-electron chi connectivity index (χ1n) is 11.1. The second-order valence-electron chi connectivity index (χ2n) is 7.71. The van der Waals surface area contributed by atoms with Crippen molar-refractivity contribution in [3.63, 3.8) is 0 Å². The third-order valence-corrected chi connectivity index (χ3v) is 7.57. The minimum atomic E-state index is -0.501. The van der Waals surface area contributed by atoms with E-state index in [1.54, 1.807) is 18.2 Å². The first-order valence-corrected chi connectivity index (χ1v) is 12.8. The normalized spacial score (nSPS) is 11.9. The minimum absolute atomic E-state index is 0.0851. The van der Waals surface area contributed by atoms with Crippen molar-refractivity contribution in [3.05, 3.63) is 94.6 Å². The summed E-state index contributed by atoms with van der Waals surface area (Å²) < 4.78 is 1.61. The van der Waals surface area contributed by atoms with Crippen LogP contribution in [-0.4, -0.2) is 27.0 Å². The average Bonchev–Trinajstić information content (AvgIpc) is 3.28. The predicted molar refractivity (Wildman–Crippen MR) is 145 cm³/mol. The molecule has 2 amide bonds. The number of aromatic nitrogens is 1. The lowest BCUT2D eigenvalue weighted by Crippen LogP contribution is -2.24. The Bertz CT molecular complexity index is 1440. The zero-order valence-electron chi connectivity index (χ0n) is 19.2. The third kappa shape index (κ3) is 6.55. The number of carbonyl (C=O) groups is 2. The molecule has 4 rings (SSSR count). The molecule has 0 spiro atoms. The minimum Gasteiger partial charge on any atom is -0.325 e. The number of non-ortho nitro benzene ring substituents is 1. The smallest absolute Gasteiger partial charge is 0.271 e. The molecule has 2 N–H and O–H groups in total. The van der Waals surface area contributed by atoms with Crippen molar-refractivity contribution in [1.29, 1.82) is 0 Å². The fourth-order valence-electron chi connectivity index (χ4n) is 3.32. The van der Waals surface area contributed by atoms with Crippen molar-refractivity contribution in [1.82, 2.24) is 4.98 Å². The summed E-state index contributed by atoms with van der Waals surface area (Å²) >= 11 is 2.78. The van der Waals surface area contributed by atoms with Crippen LogP contribution in [0.2, 0.25) is 0 Å². The van der Waals surface area contributed by atoms with E-state index >= 15 is 0 Å². The van der Waals surface area contributed by atoms with Crippen LogP contribution in [0.3, 0.4) is 0 Å². The topological polar surface area (TPSA) is 114 Å². The van der Waals surface area contributed by atoms with Crippen molar-refractivity contribution >= 4 is 68.3 Å². The lowest BCUT2D eigenvalue weighted by Gasteiger charge is -2.13. The van der Waals surface area contributed by atoms with E-state index in [1.807, 2.05) is 49.4 Å². The van der Waals surface area contributed by atoms with Gasteiger partial charge in [-0.25, -0.2) is 4.98 Å². The lowest BCUT2D eigenvalue weighted by molar-refractivity contribution is -0.384. The molecule has 1 heterocycles. The Morgan fingerprint density at radius 2 is 1.83 bits per heavy atom. The van der Waals surface area contributed by atoms with E-state index in [9.17, 15) is 19.7 Å². The number of rotatable bonds is 9. The second-order valence-corrected chi connectivity index (χ2v) is 10.2. The number of thioether (sulfide) groups is 1. The summed E-state index contributed by atoms with van der Waals surface area (Å²) in [6.45, 7) is 1.90. The van der Waals surface area contributed by atoms with E-state index < -0.39 is 10.2 Å². The molecule has 10 heteroatoms. The number of thiazole rings is 1. The summed E-state index contributed by atoms with van der Waals surface area (Å²) in [6.07, 6.45) is 3.79. The Labute approximate surface area is 215 Å². The van der Waals surface area contributed by atoms with Gasteiger partial charge in [0.1, 0.15) is 0 Å². The number of fused-ring (bicyclic) bond motifs is 1. The molecule has 1 aromatic heterocycles. The van der Waals surface area contributed by atoms with Crippen LogP contribution >= 0.6 is 23.1 Å². The number of hydrogen-bond donors (Lipinski definition) is 2. The summed E-state index contributed by atoms with van der Waals surface area (Å²) in [6, 6.07) is 20.9. The number of nitro benzene ring substituents is 1. The van der Waals surface area contributed by atoms with Crippen molar-refractivity contribution in [3.8, 4) is 0 Å². The molecule has 36 heavy (non-hydrogen) atoms. The number of anilines is 2. The molecule has 0 radical (unpaired) electrons. The first kappa shape index (κ1) is 25.1. The van der Waals surface area contributed by atoms with Crippen molar-refractivity contribution in [2.24, 2.45) is 0 Å². The highest BCUT2D eigenvalue weighted by Crippen LogP contribution is 2.35. The molecule has 0 aliphatic carbocycles. The van der Waals surface area contributed by atoms with Crippen molar-refractivity contribution < 1.29 is 14.5 Å². The zero-order chi connectivity index (χ0) is 25.5. The van der Waals surface area contributed by atoms with Crippen LogP contribution in [0.1, 0.15) is 18.9 Å². The molecule has 0 aliphatic rings. The van der Waals surface area contributed by atoms with Gasteiger partial charge in [0.25, 0.3) is 5.69 Å². The third-order valence-electron chi connectivity index (χ3n) is 5.09. The van der Waals surface area contributed by atoms with Gasteiger partial charge in [-0.05, 0) is 42.3 Å². The Hall–Kier alpha value is -4.02. The number of hydrogen-bond acceptors (Lipinski definition) is 7. The Morgan fingerprint density at radius 3 is 2.58 bits per heavy atom. The Morgan fingerprint density at radius 1 is 1.06 bits per heavy atom. The number of nitrogens with zero attached hydrogens (tertiary/aromatic N) is 2. The molecule has 0 saturated carbocycles. The highest BCUT2D eigenvalue weighted by Gasteiger charge is 2.21. The number of amides is 2. The average molecular weight is 519 g/mol. The van der Waals surface area contributed by atoms with Crippen LogP contribution in [0.4, 0.5) is 17.1 Å². The molecule has 8 nitrogen and oxygen atoms in total. The first-order chi connectivity index (χ1) is 17.4. The molecule has 1 unspecified atom stereocenters. The second kappa shape index (κ2) is 11.6. The lowest BCUT2D eigenvalue weighted by atomic mass is 10.2. The fourth-order valence-corrected chi connectivity index (χ4v) is 5.59. The van der Waals surface area contributed by atoms with Crippen LogP contribution in [0.15, 0.2) is 83.2 Å². The van der Waals surface area contributed by atoms with E-state index in [0.717, 1.165) is 20.1 Å². The van der Waals surface area contributed by atoms with Crippen LogP contribution in [0.5, 0.6) is 0 Å². The predicted octanol–water partition coefficient (Wildman–Crippen LogP) is 6.37. The molecule has 0 saturated heterocycles. The summed E-state index contributed by atoms with van der Waals surface area (Å²) in [5.74, 6) is -0.485. The fraction of sp³-hybridized carbons (Fsp3) is 0.115. The Kier molecular flexibility index (Phi) is 8.09. The molecular weight excluding hydrogens is 496 g/mol. The zero-order valence-corrected chi connectivity index (χ0v) is 20.8. The maximum atomic E-state index is 12.8. The van der Waals surface area contributed by atoms with Gasteiger partial charge in [-0.2, -0.15) is 0 Å². The summed E-state index contributed by atoms with van der Waals surface area (Å²) in [4.78, 5) is 40.2. The molecule has 0 aliphatic heterocycles. The maximum Gasteiger partial charge on any atom is 0.271 e. The van der Waals surface area contributed by atoms with Crippen molar-refractivity contribution in [2.45, 2.75) is 22.9 Å². The van der Waals surface area contributed by atoms with Crippen LogP contribution in [-0.2, 0) is 9.59 Å². The Balaban J connectivity index is 1.41. The van der Waals surface area contributed by atoms with Gasteiger partial charge in [0, 0.05) is 29.6 Å². The monoisotopic (exact) mass is 518 g/mol. The molecule has 1 atom stereocenters. The van der Waals surface area contributed by atoms with E-state index in [4.69, 9.17) is 0 Å². The van der Waals surface area contributed by atoms with Gasteiger partial charge in [-0.1, -0.05) is 55.1 Å². The summed E-state index contributed by atoms with van der Waals surface area (Å²) in [7, 11) is 0. The maximum absolute atomic E-state index is 12.8. The van der Waals surface area contributed by atoms with Crippen molar-refractivity contribution in [2.75, 3.05) is 10.6 Å². The summed E-state index contributed by atoms with van der Waals surface area (Å²) in [5, 5.41) is 16.2. The van der Waals surface area contributed by atoms with Gasteiger partial charge < -0.3 is 10.6 Å². The number of nitrogens with one attached hydrogen (secondary N) is 2. The van der Waals surface area contributed by atoms with Gasteiger partial charge >= 0.3 is 0 Å². The SMILES string of the molecule is CCC(Sc1nc2ccc(NC(=O)C=Cc3ccccc3)cc2s1)C(=O)Nc1cccc([N+](=O)[O-])c1. The standard InChI is InChI=1S/C26H22N4O4S2/c1-2-22(25(32)28-18-9-6-10-20(15-18)30(33)34)35-26-29-21-13-12-19(16-23(21)36-26)27-24(31)14-11-17-7-4-3-5-8-17/h3-16,22H,2H2,1H3,(H,27,31)(H,28,32). The van der Waals surface area contributed by atoms with Gasteiger partial charge in [0.05, 0.1) is 20.4 Å². The molecular formula is C26H22N4O4S2. The van der Waals surface area contributed by atoms with Gasteiger partial charge in [-0.3, -0.25) is 19.7 Å².